The van der Waals surface area contributed by atoms with E-state index < -0.39 is 0 Å². The van der Waals surface area contributed by atoms with Gasteiger partial charge >= 0.3 is 0 Å². The van der Waals surface area contributed by atoms with Gasteiger partial charge in [-0.05, 0) is 57.4 Å². The van der Waals surface area contributed by atoms with Crippen LogP contribution in [0.3, 0.4) is 0 Å². The Kier molecular flexibility index (Phi) is 12.2. The van der Waals surface area contributed by atoms with E-state index in [9.17, 15) is 0 Å². The van der Waals surface area contributed by atoms with Crippen molar-refractivity contribution >= 4 is 5.71 Å². The van der Waals surface area contributed by atoms with Crippen LogP contribution >= 0.6 is 0 Å². The first-order valence-electron chi connectivity index (χ1n) is 9.42. The quantitative estimate of drug-likeness (QED) is 0.268. The highest BCUT2D eigenvalue weighted by molar-refractivity contribution is 5.86. The van der Waals surface area contributed by atoms with Crippen LogP contribution in [0.1, 0.15) is 92.9 Å². The standard InChI is InChI=1S/C21H39N/c1-8-12-15-17(5)16-18(6)19(7)22-21(11-4)20(13-9-2)14-10-3/h16,19-20H,5,8-15H2,1-4,6-7H3/b18-16+,22-21+. The van der Waals surface area contributed by atoms with E-state index in [0.717, 1.165) is 12.8 Å². The van der Waals surface area contributed by atoms with Crippen molar-refractivity contribution in [3.05, 3.63) is 23.8 Å². The Bertz CT molecular complexity index is 356. The van der Waals surface area contributed by atoms with Gasteiger partial charge in [0.2, 0.25) is 0 Å². The van der Waals surface area contributed by atoms with Crippen molar-refractivity contribution in [1.29, 1.82) is 0 Å². The number of hydrogen-bond acceptors (Lipinski definition) is 1. The summed E-state index contributed by atoms with van der Waals surface area (Å²) in [6.07, 6.45) is 12.0. The fourth-order valence-corrected chi connectivity index (χ4v) is 2.93. The number of rotatable bonds is 12. The minimum Gasteiger partial charge on any atom is -0.286 e. The molecule has 0 rings (SSSR count). The van der Waals surface area contributed by atoms with E-state index in [4.69, 9.17) is 4.99 Å². The minimum absolute atomic E-state index is 0.282. The summed E-state index contributed by atoms with van der Waals surface area (Å²) in [4.78, 5) is 5.07. The smallest absolute Gasteiger partial charge is 0.0680 e. The van der Waals surface area contributed by atoms with E-state index in [-0.39, 0.29) is 6.04 Å². The summed E-state index contributed by atoms with van der Waals surface area (Å²) in [5, 5.41) is 0. The highest BCUT2D eigenvalue weighted by Crippen LogP contribution is 2.20. The van der Waals surface area contributed by atoms with Gasteiger partial charge in [-0.2, -0.15) is 0 Å². The Balaban J connectivity index is 4.93. The molecule has 0 fully saturated rings. The monoisotopic (exact) mass is 305 g/mol. The molecule has 0 saturated carbocycles. The lowest BCUT2D eigenvalue weighted by Crippen LogP contribution is -2.17. The molecule has 0 N–H and O–H groups in total. The van der Waals surface area contributed by atoms with Gasteiger partial charge < -0.3 is 0 Å². The Labute approximate surface area is 140 Å². The average molecular weight is 306 g/mol. The molecule has 0 heterocycles. The van der Waals surface area contributed by atoms with E-state index in [2.05, 4.69) is 54.2 Å². The van der Waals surface area contributed by atoms with Crippen molar-refractivity contribution in [2.45, 2.75) is 99.0 Å². The molecule has 1 heteroatoms. The van der Waals surface area contributed by atoms with E-state index in [0.29, 0.717) is 5.92 Å². The molecule has 0 aliphatic heterocycles. The molecule has 1 unspecified atom stereocenters. The van der Waals surface area contributed by atoms with Crippen LogP contribution in [0.15, 0.2) is 28.8 Å². The maximum Gasteiger partial charge on any atom is 0.0680 e. The Morgan fingerprint density at radius 3 is 2.09 bits per heavy atom. The number of hydrogen-bond donors (Lipinski definition) is 0. The molecule has 0 aromatic heterocycles. The summed E-state index contributed by atoms with van der Waals surface area (Å²) in [6.45, 7) is 17.7. The van der Waals surface area contributed by atoms with Crippen molar-refractivity contribution in [3.63, 3.8) is 0 Å². The molecule has 0 spiro atoms. The zero-order valence-electron chi connectivity index (χ0n) is 16.0. The van der Waals surface area contributed by atoms with Crippen LogP contribution in [0.4, 0.5) is 0 Å². The molecule has 0 aliphatic carbocycles. The number of aliphatic imine (C=N–C) groups is 1. The topological polar surface area (TPSA) is 12.4 Å². The average Bonchev–Trinajstić information content (AvgIpc) is 2.50. The summed E-state index contributed by atoms with van der Waals surface area (Å²) in [6, 6.07) is 0.282. The van der Waals surface area contributed by atoms with Crippen LogP contribution in [0.5, 0.6) is 0 Å². The normalized spacial score (nSPS) is 14.5. The lowest BCUT2D eigenvalue weighted by molar-refractivity contribution is 0.548. The van der Waals surface area contributed by atoms with Gasteiger partial charge in [0.25, 0.3) is 0 Å². The molecule has 0 saturated heterocycles. The zero-order valence-corrected chi connectivity index (χ0v) is 16.0. The van der Waals surface area contributed by atoms with Gasteiger partial charge in [0.05, 0.1) is 6.04 Å². The van der Waals surface area contributed by atoms with Crippen LogP contribution in [-0.2, 0) is 0 Å². The SMILES string of the molecule is C=C(/C=C(\C)C(C)/N=C(\CC)C(CCC)CCC)CCCC. The minimum atomic E-state index is 0.282. The van der Waals surface area contributed by atoms with Gasteiger partial charge in [-0.15, -0.1) is 0 Å². The second kappa shape index (κ2) is 12.7. The van der Waals surface area contributed by atoms with Crippen LogP contribution in [0.25, 0.3) is 0 Å². The number of unbranched alkanes of at least 4 members (excludes halogenated alkanes) is 1. The Hall–Kier alpha value is -0.850. The van der Waals surface area contributed by atoms with Gasteiger partial charge in [-0.1, -0.05) is 65.2 Å². The number of nitrogens with zero attached hydrogens (tertiary/aromatic N) is 1. The summed E-state index contributed by atoms with van der Waals surface area (Å²) in [7, 11) is 0. The zero-order chi connectivity index (χ0) is 17.0. The van der Waals surface area contributed by atoms with Gasteiger partial charge in [-0.3, -0.25) is 4.99 Å². The maximum atomic E-state index is 5.07. The van der Waals surface area contributed by atoms with E-state index in [1.54, 1.807) is 0 Å². The summed E-state index contributed by atoms with van der Waals surface area (Å²) >= 11 is 0. The van der Waals surface area contributed by atoms with Crippen molar-refractivity contribution in [2.75, 3.05) is 0 Å². The number of allylic oxidation sites excluding steroid dienone is 2. The van der Waals surface area contributed by atoms with Crippen LogP contribution in [-0.4, -0.2) is 11.8 Å². The fourth-order valence-electron chi connectivity index (χ4n) is 2.93. The van der Waals surface area contributed by atoms with Crippen molar-refractivity contribution in [2.24, 2.45) is 10.9 Å². The van der Waals surface area contributed by atoms with E-state index in [1.165, 1.54) is 55.4 Å². The van der Waals surface area contributed by atoms with Crippen molar-refractivity contribution < 1.29 is 0 Å². The first-order valence-corrected chi connectivity index (χ1v) is 9.42. The third-order valence-electron chi connectivity index (χ3n) is 4.41. The lowest BCUT2D eigenvalue weighted by Gasteiger charge is -2.20. The second-order valence-corrected chi connectivity index (χ2v) is 6.57. The maximum absolute atomic E-state index is 5.07. The highest BCUT2D eigenvalue weighted by atomic mass is 14.8. The molecule has 1 atom stereocenters. The van der Waals surface area contributed by atoms with Crippen molar-refractivity contribution in [1.82, 2.24) is 0 Å². The molecular weight excluding hydrogens is 266 g/mol. The molecule has 0 amide bonds. The van der Waals surface area contributed by atoms with Gasteiger partial charge in [0, 0.05) is 5.71 Å². The van der Waals surface area contributed by atoms with E-state index >= 15 is 0 Å². The fraction of sp³-hybridized carbons (Fsp3) is 0.762. The summed E-state index contributed by atoms with van der Waals surface area (Å²) in [5.41, 5.74) is 4.01. The third-order valence-corrected chi connectivity index (χ3v) is 4.41. The second-order valence-electron chi connectivity index (χ2n) is 6.57. The summed E-state index contributed by atoms with van der Waals surface area (Å²) < 4.78 is 0. The Morgan fingerprint density at radius 2 is 1.64 bits per heavy atom. The van der Waals surface area contributed by atoms with Gasteiger partial charge in [0.15, 0.2) is 0 Å². The molecule has 128 valence electrons. The lowest BCUT2D eigenvalue weighted by atomic mass is 9.91. The predicted molar refractivity (Wildman–Crippen MR) is 103 cm³/mol. The molecule has 0 aromatic carbocycles. The molecule has 0 radical (unpaired) electrons. The molecule has 0 aromatic rings. The predicted octanol–water partition coefficient (Wildman–Crippen LogP) is 7.14. The highest BCUT2D eigenvalue weighted by Gasteiger charge is 2.14. The van der Waals surface area contributed by atoms with E-state index in [1.807, 2.05) is 0 Å². The summed E-state index contributed by atoms with van der Waals surface area (Å²) in [5.74, 6) is 0.679. The molecule has 1 nitrogen and oxygen atoms in total. The van der Waals surface area contributed by atoms with Crippen LogP contribution in [0, 0.1) is 5.92 Å². The molecule has 22 heavy (non-hydrogen) atoms. The third kappa shape index (κ3) is 8.56. The van der Waals surface area contributed by atoms with Gasteiger partial charge in [0.1, 0.15) is 0 Å². The van der Waals surface area contributed by atoms with Crippen LogP contribution < -0.4 is 0 Å². The first-order chi connectivity index (χ1) is 10.5. The molecule has 0 aliphatic rings. The molecule has 0 bridgehead atoms. The molecular formula is C21H39N. The largest absolute Gasteiger partial charge is 0.286 e. The van der Waals surface area contributed by atoms with Crippen LogP contribution in [0.2, 0.25) is 0 Å². The first kappa shape index (κ1) is 21.1. The van der Waals surface area contributed by atoms with Gasteiger partial charge in [-0.25, -0.2) is 0 Å². The van der Waals surface area contributed by atoms with Crippen molar-refractivity contribution in [3.8, 4) is 0 Å². The Morgan fingerprint density at radius 1 is 1.05 bits per heavy atom.